The molecule has 1 aliphatic rings. The zero-order chi connectivity index (χ0) is 27.7. The van der Waals surface area contributed by atoms with Gasteiger partial charge in [-0.2, -0.15) is 0 Å². The number of anilines is 3. The number of aromatic nitrogens is 1. The Morgan fingerprint density at radius 3 is 2.02 bits per heavy atom. The first-order chi connectivity index (χ1) is 18.6. The van der Waals surface area contributed by atoms with Gasteiger partial charge in [-0.1, -0.05) is 0 Å². The second-order valence-electron chi connectivity index (χ2n) is 9.20. The van der Waals surface area contributed by atoms with Crippen molar-refractivity contribution < 1.29 is 27.5 Å². The number of Topliss-reactive ketones (excluding diaryl/α,β-unsaturated/α-hetero) is 1. The van der Waals surface area contributed by atoms with Gasteiger partial charge >= 0.3 is 5.97 Å². The average Bonchev–Trinajstić information content (AvgIpc) is 2.92. The summed E-state index contributed by atoms with van der Waals surface area (Å²) in [5, 5.41) is 10.2. The van der Waals surface area contributed by atoms with E-state index >= 15 is 0 Å². The Morgan fingerprint density at radius 1 is 0.857 bits per heavy atom. The Balaban J connectivity index is 0.00000205. The summed E-state index contributed by atoms with van der Waals surface area (Å²) in [5.74, 6) is -1.18. The van der Waals surface area contributed by atoms with Gasteiger partial charge in [-0.3, -0.25) is 9.52 Å². The molecule has 4 aromatic rings. The predicted molar refractivity (Wildman–Crippen MR) is 169 cm³/mol. The van der Waals surface area contributed by atoms with Gasteiger partial charge in [-0.25, -0.2) is 22.6 Å². The number of carboxylic acid groups (broad SMARTS) is 1. The van der Waals surface area contributed by atoms with Crippen LogP contribution in [0.1, 0.15) is 27.6 Å². The molecule has 9 nitrogen and oxygen atoms in total. The number of hydrogen-bond donors (Lipinski definition) is 2. The zero-order valence-corrected chi connectivity index (χ0v) is 25.5. The molecule has 5 rings (SSSR count). The average molecular weight is 658 g/mol. The van der Waals surface area contributed by atoms with E-state index < -0.39 is 21.8 Å². The van der Waals surface area contributed by atoms with Crippen molar-refractivity contribution in [2.75, 3.05) is 40.7 Å². The minimum absolute atomic E-state index is 0. The molecule has 14 heteroatoms. The maximum Gasteiger partial charge on any atom is 0.336 e. The van der Waals surface area contributed by atoms with Gasteiger partial charge in [0, 0.05) is 48.5 Å². The third-order valence-corrected chi connectivity index (χ3v) is 8.04. The molecule has 0 aliphatic carbocycles. The Morgan fingerprint density at radius 2 is 1.45 bits per heavy atom. The summed E-state index contributed by atoms with van der Waals surface area (Å²) in [6.07, 6.45) is 0. The topological polar surface area (TPSA) is 120 Å². The van der Waals surface area contributed by atoms with Crippen LogP contribution in [0.2, 0.25) is 0 Å². The largest absolute Gasteiger partial charge is 0.478 e. The van der Waals surface area contributed by atoms with Crippen molar-refractivity contribution in [2.24, 2.45) is 0 Å². The van der Waals surface area contributed by atoms with E-state index in [4.69, 9.17) is 0 Å². The molecule has 0 atom stereocenters. The standard InChI is InChI=1S/C28H25FN4O5S.3ClH/c1-18(34)19-2-7-22(8-3-19)32-12-14-33(15-13-32)27-17-25(28(35)36)24-16-21(6-11-26(24)30-27)31-39(37,38)23-9-4-20(29)5-10-23;;;/h2-11,16-17,31H,12-15H2,1H3,(H,35,36);3*1H. The normalized spacial score (nSPS) is 12.9. The molecule has 0 amide bonds. The highest BCUT2D eigenvalue weighted by molar-refractivity contribution is 7.92. The van der Waals surface area contributed by atoms with E-state index in [1.807, 2.05) is 29.2 Å². The van der Waals surface area contributed by atoms with Crippen LogP contribution in [-0.2, 0) is 10.0 Å². The number of carbonyl (C=O) groups is 2. The van der Waals surface area contributed by atoms with Gasteiger partial charge < -0.3 is 14.9 Å². The van der Waals surface area contributed by atoms with E-state index in [1.54, 1.807) is 6.07 Å². The number of sulfonamides is 1. The number of carboxylic acids is 1. The fraction of sp³-hybridized carbons (Fsp3) is 0.179. The van der Waals surface area contributed by atoms with Crippen molar-refractivity contribution in [3.63, 3.8) is 0 Å². The number of halogens is 4. The summed E-state index contributed by atoms with van der Waals surface area (Å²) in [4.78, 5) is 32.4. The molecule has 0 radical (unpaired) electrons. The van der Waals surface area contributed by atoms with Crippen molar-refractivity contribution in [3.05, 3.63) is 89.7 Å². The highest BCUT2D eigenvalue weighted by Gasteiger charge is 2.22. The highest BCUT2D eigenvalue weighted by Crippen LogP contribution is 2.28. The molecule has 1 saturated heterocycles. The highest BCUT2D eigenvalue weighted by atomic mass is 35.5. The quantitative estimate of drug-likeness (QED) is 0.244. The fourth-order valence-corrected chi connectivity index (χ4v) is 5.59. The van der Waals surface area contributed by atoms with Crippen molar-refractivity contribution in [2.45, 2.75) is 11.8 Å². The fourth-order valence-electron chi connectivity index (χ4n) is 4.54. The number of rotatable bonds is 7. The third kappa shape index (κ3) is 7.40. The number of nitrogens with one attached hydrogen (secondary N) is 1. The van der Waals surface area contributed by atoms with Crippen LogP contribution in [0.25, 0.3) is 10.9 Å². The Kier molecular flexibility index (Phi) is 11.5. The zero-order valence-electron chi connectivity index (χ0n) is 22.2. The van der Waals surface area contributed by atoms with Crippen molar-refractivity contribution >= 4 is 87.1 Å². The number of hydrogen-bond acceptors (Lipinski definition) is 7. The number of piperazine rings is 1. The van der Waals surface area contributed by atoms with Crippen LogP contribution in [0.4, 0.5) is 21.6 Å². The monoisotopic (exact) mass is 656 g/mol. The summed E-state index contributed by atoms with van der Waals surface area (Å²) < 4.78 is 41.0. The molecule has 1 aromatic heterocycles. The minimum Gasteiger partial charge on any atom is -0.478 e. The lowest BCUT2D eigenvalue weighted by molar-refractivity contribution is 0.0698. The number of aromatic carboxylic acids is 1. The number of benzene rings is 3. The smallest absolute Gasteiger partial charge is 0.336 e. The number of pyridine rings is 1. The van der Waals surface area contributed by atoms with Crippen LogP contribution in [0, 0.1) is 5.82 Å². The molecule has 0 saturated carbocycles. The van der Waals surface area contributed by atoms with Gasteiger partial charge in [-0.05, 0) is 79.7 Å². The van der Waals surface area contributed by atoms with Crippen LogP contribution in [0.3, 0.4) is 0 Å². The minimum atomic E-state index is -4.01. The molecule has 2 heterocycles. The molecular formula is C28H28Cl3FN4O5S. The first kappa shape index (κ1) is 34.6. The van der Waals surface area contributed by atoms with E-state index in [2.05, 4.69) is 14.6 Å². The summed E-state index contributed by atoms with van der Waals surface area (Å²) in [6.45, 7) is 4.13. The lowest BCUT2D eigenvalue weighted by atomic mass is 10.1. The van der Waals surface area contributed by atoms with E-state index in [1.165, 1.54) is 25.1 Å². The van der Waals surface area contributed by atoms with Crippen molar-refractivity contribution in [3.8, 4) is 0 Å². The Bertz CT molecular complexity index is 1680. The lowest BCUT2D eigenvalue weighted by Gasteiger charge is -2.37. The molecule has 0 bridgehead atoms. The summed E-state index contributed by atoms with van der Waals surface area (Å²) in [7, 11) is -4.01. The SMILES string of the molecule is CC(=O)c1ccc(N2CCN(c3cc(C(=O)O)c4cc(NS(=O)(=O)c5ccc(F)cc5)ccc4n3)CC2)cc1.Cl.Cl.Cl. The van der Waals surface area contributed by atoms with Gasteiger partial charge in [0.15, 0.2) is 5.78 Å². The summed E-state index contributed by atoms with van der Waals surface area (Å²) in [6, 6.07) is 17.9. The molecule has 2 N–H and O–H groups in total. The molecule has 224 valence electrons. The van der Waals surface area contributed by atoms with E-state index in [0.29, 0.717) is 43.1 Å². The van der Waals surface area contributed by atoms with E-state index in [9.17, 15) is 27.5 Å². The van der Waals surface area contributed by atoms with Gasteiger partial charge in [0.2, 0.25) is 0 Å². The van der Waals surface area contributed by atoms with Crippen LogP contribution >= 0.6 is 37.2 Å². The molecule has 42 heavy (non-hydrogen) atoms. The van der Waals surface area contributed by atoms with E-state index in [-0.39, 0.29) is 64.5 Å². The summed E-state index contributed by atoms with van der Waals surface area (Å²) in [5.41, 5.74) is 2.24. The molecule has 1 fully saturated rings. The van der Waals surface area contributed by atoms with Crippen molar-refractivity contribution in [1.82, 2.24) is 4.98 Å². The number of nitrogens with zero attached hydrogens (tertiary/aromatic N) is 3. The Hall–Kier alpha value is -3.64. The van der Waals surface area contributed by atoms with E-state index in [0.717, 1.165) is 30.0 Å². The molecule has 1 aliphatic heterocycles. The van der Waals surface area contributed by atoms with Gasteiger partial charge in [0.25, 0.3) is 10.0 Å². The molecule has 0 unspecified atom stereocenters. The first-order valence-electron chi connectivity index (χ1n) is 12.2. The first-order valence-corrected chi connectivity index (χ1v) is 13.7. The predicted octanol–water partition coefficient (Wildman–Crippen LogP) is 5.67. The van der Waals surface area contributed by atoms with Crippen LogP contribution < -0.4 is 14.5 Å². The van der Waals surface area contributed by atoms with Gasteiger partial charge in [-0.15, -0.1) is 37.2 Å². The number of carbonyl (C=O) groups excluding carboxylic acids is 1. The maximum absolute atomic E-state index is 13.2. The van der Waals surface area contributed by atoms with Gasteiger partial charge in [0.1, 0.15) is 11.6 Å². The Labute approximate surface area is 261 Å². The maximum atomic E-state index is 13.2. The molecule has 3 aromatic carbocycles. The van der Waals surface area contributed by atoms with Crippen LogP contribution in [-0.4, -0.2) is 56.4 Å². The molecule has 0 spiro atoms. The van der Waals surface area contributed by atoms with Crippen molar-refractivity contribution in [1.29, 1.82) is 0 Å². The second-order valence-corrected chi connectivity index (χ2v) is 10.9. The number of ketones is 1. The summed E-state index contributed by atoms with van der Waals surface area (Å²) >= 11 is 0. The van der Waals surface area contributed by atoms with Gasteiger partial charge in [0.05, 0.1) is 16.0 Å². The number of fused-ring (bicyclic) bond motifs is 1. The van der Waals surface area contributed by atoms with Crippen LogP contribution in [0.5, 0.6) is 0 Å². The lowest BCUT2D eigenvalue weighted by Crippen LogP contribution is -2.46. The second kappa shape index (κ2) is 14.0. The van der Waals surface area contributed by atoms with Crippen LogP contribution in [0.15, 0.2) is 77.7 Å². The third-order valence-electron chi connectivity index (χ3n) is 6.64. The molecular weight excluding hydrogens is 630 g/mol.